The quantitative estimate of drug-likeness (QED) is 0.803. The number of aliphatic hydroxyl groups excluding tert-OH is 1. The summed E-state index contributed by atoms with van der Waals surface area (Å²) in [4.78, 5) is 16.2. The van der Waals surface area contributed by atoms with Gasteiger partial charge in [0, 0.05) is 24.1 Å². The zero-order valence-corrected chi connectivity index (χ0v) is 14.0. The molecule has 0 saturated heterocycles. The van der Waals surface area contributed by atoms with Gasteiger partial charge in [-0.3, -0.25) is 4.79 Å². The molecule has 0 fully saturated rings. The number of hydrogen-bond donors (Lipinski definition) is 2. The molecule has 1 heterocycles. The molecule has 0 radical (unpaired) electrons. The molecule has 5 heteroatoms. The summed E-state index contributed by atoms with van der Waals surface area (Å²) in [7, 11) is 0. The van der Waals surface area contributed by atoms with Crippen molar-refractivity contribution in [2.75, 3.05) is 6.54 Å². The fourth-order valence-corrected chi connectivity index (χ4v) is 2.49. The Morgan fingerprint density at radius 2 is 2.09 bits per heavy atom. The first-order chi connectivity index (χ1) is 10.8. The fourth-order valence-electron chi connectivity index (χ4n) is 2.49. The number of aliphatic hydroxyl groups is 1. The van der Waals surface area contributed by atoms with Gasteiger partial charge in [0.15, 0.2) is 5.58 Å². The van der Waals surface area contributed by atoms with Crippen molar-refractivity contribution in [1.82, 2.24) is 10.3 Å². The Morgan fingerprint density at radius 1 is 1.39 bits per heavy atom. The van der Waals surface area contributed by atoms with Crippen LogP contribution in [-0.2, 0) is 4.79 Å². The Morgan fingerprint density at radius 3 is 2.74 bits per heavy atom. The van der Waals surface area contributed by atoms with Crippen molar-refractivity contribution in [2.45, 2.75) is 33.8 Å². The lowest BCUT2D eigenvalue weighted by molar-refractivity contribution is -0.117. The van der Waals surface area contributed by atoms with E-state index in [0.717, 1.165) is 5.52 Å². The average molecular weight is 316 g/mol. The molecule has 23 heavy (non-hydrogen) atoms. The summed E-state index contributed by atoms with van der Waals surface area (Å²) in [5.74, 6) is 0.288. The van der Waals surface area contributed by atoms with Gasteiger partial charge in [-0.25, -0.2) is 4.98 Å². The van der Waals surface area contributed by atoms with Gasteiger partial charge in [-0.2, -0.15) is 0 Å². The molecule has 0 aliphatic heterocycles. The number of amides is 1. The van der Waals surface area contributed by atoms with E-state index in [0.29, 0.717) is 18.0 Å². The highest BCUT2D eigenvalue weighted by molar-refractivity contribution is 5.91. The van der Waals surface area contributed by atoms with Crippen LogP contribution in [0.25, 0.3) is 17.2 Å². The minimum absolute atomic E-state index is 0.136. The van der Waals surface area contributed by atoms with Gasteiger partial charge in [-0.1, -0.05) is 39.8 Å². The number of carbonyl (C=O) groups excluding carboxylic acids is 1. The lowest BCUT2D eigenvalue weighted by Crippen LogP contribution is -2.43. The van der Waals surface area contributed by atoms with Crippen LogP contribution in [0.4, 0.5) is 0 Å². The Balaban J connectivity index is 1.94. The molecule has 1 aromatic carbocycles. The summed E-state index contributed by atoms with van der Waals surface area (Å²) >= 11 is 0. The van der Waals surface area contributed by atoms with Crippen LogP contribution in [0.2, 0.25) is 0 Å². The van der Waals surface area contributed by atoms with E-state index >= 15 is 0 Å². The largest absolute Gasteiger partial charge is 0.437 e. The summed E-state index contributed by atoms with van der Waals surface area (Å²) < 4.78 is 5.52. The molecule has 0 bridgehead atoms. The van der Waals surface area contributed by atoms with Crippen molar-refractivity contribution in [3.05, 3.63) is 36.2 Å². The first kappa shape index (κ1) is 17.2. The van der Waals surface area contributed by atoms with Crippen LogP contribution in [0.15, 0.2) is 34.8 Å². The number of fused-ring (bicyclic) bond motifs is 1. The van der Waals surface area contributed by atoms with Crippen molar-refractivity contribution < 1.29 is 14.3 Å². The zero-order chi connectivity index (χ0) is 17.0. The second-order valence-electron chi connectivity index (χ2n) is 6.75. The molecule has 2 aromatic rings. The second-order valence-corrected chi connectivity index (χ2v) is 6.75. The summed E-state index contributed by atoms with van der Waals surface area (Å²) in [6.07, 6.45) is 2.45. The molecule has 0 saturated carbocycles. The summed E-state index contributed by atoms with van der Waals surface area (Å²) in [5.41, 5.74) is 1.05. The van der Waals surface area contributed by atoms with Crippen molar-refractivity contribution in [3.8, 4) is 0 Å². The summed E-state index contributed by atoms with van der Waals surface area (Å²) in [6.45, 7) is 8.18. The molecular formula is C18H24N2O3. The molecule has 0 aliphatic rings. The van der Waals surface area contributed by atoms with E-state index in [1.807, 2.05) is 52.0 Å². The van der Waals surface area contributed by atoms with Gasteiger partial charge in [0.05, 0.1) is 6.10 Å². The van der Waals surface area contributed by atoms with E-state index in [4.69, 9.17) is 4.42 Å². The van der Waals surface area contributed by atoms with Gasteiger partial charge in [-0.05, 0) is 18.1 Å². The van der Waals surface area contributed by atoms with E-state index in [-0.39, 0.29) is 11.8 Å². The minimum atomic E-state index is -0.483. The number of nitrogens with one attached hydrogen (secondary N) is 1. The number of nitrogens with zero attached hydrogens (tertiary/aromatic N) is 1. The number of benzene rings is 1. The van der Waals surface area contributed by atoms with Gasteiger partial charge < -0.3 is 14.8 Å². The van der Waals surface area contributed by atoms with Crippen LogP contribution < -0.4 is 5.32 Å². The van der Waals surface area contributed by atoms with Gasteiger partial charge in [0.2, 0.25) is 11.8 Å². The number of carbonyl (C=O) groups is 1. The third-order valence-corrected chi connectivity index (χ3v) is 3.84. The third kappa shape index (κ3) is 4.42. The van der Waals surface area contributed by atoms with Gasteiger partial charge in [0.25, 0.3) is 0 Å². The van der Waals surface area contributed by atoms with Crippen molar-refractivity contribution >= 4 is 23.1 Å². The van der Waals surface area contributed by atoms with Crippen LogP contribution in [0, 0.1) is 11.3 Å². The molecule has 1 unspecified atom stereocenters. The maximum atomic E-state index is 11.9. The number of para-hydroxylation sites is 2. The molecule has 2 N–H and O–H groups in total. The SMILES string of the molecule is CC(C)C(O)C(C)(C)CNC(=O)/C=C/c1nc2ccccc2o1. The van der Waals surface area contributed by atoms with E-state index in [9.17, 15) is 9.90 Å². The zero-order valence-electron chi connectivity index (χ0n) is 14.0. The fraction of sp³-hybridized carbons (Fsp3) is 0.444. The molecule has 0 aliphatic carbocycles. The van der Waals surface area contributed by atoms with Gasteiger partial charge in [-0.15, -0.1) is 0 Å². The first-order valence-corrected chi connectivity index (χ1v) is 7.79. The van der Waals surface area contributed by atoms with Crippen LogP contribution in [-0.4, -0.2) is 28.6 Å². The van der Waals surface area contributed by atoms with Crippen LogP contribution in [0.5, 0.6) is 0 Å². The highest BCUT2D eigenvalue weighted by Gasteiger charge is 2.30. The normalized spacial score (nSPS) is 13.8. The smallest absolute Gasteiger partial charge is 0.244 e. The summed E-state index contributed by atoms with van der Waals surface area (Å²) in [6, 6.07) is 7.44. The predicted molar refractivity (Wildman–Crippen MR) is 90.7 cm³/mol. The lowest BCUT2D eigenvalue weighted by atomic mass is 9.81. The summed E-state index contributed by atoms with van der Waals surface area (Å²) in [5, 5.41) is 13.0. The Hall–Kier alpha value is -2.14. The highest BCUT2D eigenvalue weighted by atomic mass is 16.3. The topological polar surface area (TPSA) is 75.4 Å². The highest BCUT2D eigenvalue weighted by Crippen LogP contribution is 2.25. The molecule has 124 valence electrons. The van der Waals surface area contributed by atoms with Crippen LogP contribution in [0.3, 0.4) is 0 Å². The molecule has 1 atom stereocenters. The third-order valence-electron chi connectivity index (χ3n) is 3.84. The monoisotopic (exact) mass is 316 g/mol. The molecule has 1 amide bonds. The van der Waals surface area contributed by atoms with Gasteiger partial charge in [0.1, 0.15) is 5.52 Å². The Labute approximate surface area is 136 Å². The molecular weight excluding hydrogens is 292 g/mol. The standard InChI is InChI=1S/C18H24N2O3/c1-12(2)17(22)18(3,4)11-19-15(21)9-10-16-20-13-7-5-6-8-14(13)23-16/h5-10,12,17,22H,11H2,1-4H3,(H,19,21)/b10-9+. The Bertz CT molecular complexity index is 668. The van der Waals surface area contributed by atoms with Crippen LogP contribution in [0.1, 0.15) is 33.6 Å². The van der Waals surface area contributed by atoms with Crippen molar-refractivity contribution in [3.63, 3.8) is 0 Å². The molecule has 5 nitrogen and oxygen atoms in total. The second kappa shape index (κ2) is 6.96. The molecule has 0 spiro atoms. The average Bonchev–Trinajstić information content (AvgIpc) is 2.93. The van der Waals surface area contributed by atoms with E-state index in [1.54, 1.807) is 6.08 Å². The van der Waals surface area contributed by atoms with Gasteiger partial charge >= 0.3 is 0 Å². The minimum Gasteiger partial charge on any atom is -0.437 e. The maximum absolute atomic E-state index is 11.9. The predicted octanol–water partition coefficient (Wildman–Crippen LogP) is 3.00. The first-order valence-electron chi connectivity index (χ1n) is 7.79. The maximum Gasteiger partial charge on any atom is 0.244 e. The van der Waals surface area contributed by atoms with Crippen molar-refractivity contribution in [1.29, 1.82) is 0 Å². The van der Waals surface area contributed by atoms with Crippen molar-refractivity contribution in [2.24, 2.45) is 11.3 Å². The lowest BCUT2D eigenvalue weighted by Gasteiger charge is -2.33. The van der Waals surface area contributed by atoms with E-state index in [2.05, 4.69) is 10.3 Å². The number of hydrogen-bond acceptors (Lipinski definition) is 4. The molecule has 1 aromatic heterocycles. The number of oxazole rings is 1. The number of rotatable bonds is 6. The molecule has 2 rings (SSSR count). The van der Waals surface area contributed by atoms with Crippen LogP contribution >= 0.6 is 0 Å². The van der Waals surface area contributed by atoms with E-state index < -0.39 is 11.5 Å². The Kier molecular flexibility index (Phi) is 5.21. The van der Waals surface area contributed by atoms with E-state index in [1.165, 1.54) is 6.08 Å². The number of aromatic nitrogens is 1.